The van der Waals surface area contributed by atoms with E-state index in [9.17, 15) is 9.59 Å². The molecule has 4 rings (SSSR count). The van der Waals surface area contributed by atoms with Gasteiger partial charge in [-0.05, 0) is 60.5 Å². The molecule has 0 spiro atoms. The SMILES string of the molecule is Cc1cc(Cl)cc(C(=O)NCCC(C)C)c1NC(=O)c1cc(Oc2ccsc2)nn1-c1ncccc1Cl. The minimum atomic E-state index is -0.531. The maximum atomic E-state index is 13.6. The summed E-state index contributed by atoms with van der Waals surface area (Å²) < 4.78 is 7.12. The Morgan fingerprint density at radius 2 is 1.97 bits per heavy atom. The van der Waals surface area contributed by atoms with E-state index in [1.807, 2.05) is 10.8 Å². The molecule has 0 radical (unpaired) electrons. The van der Waals surface area contributed by atoms with Gasteiger partial charge in [0, 0.05) is 29.2 Å². The zero-order valence-corrected chi connectivity index (χ0v) is 22.7. The second kappa shape index (κ2) is 11.8. The third-order valence-corrected chi connectivity index (χ3v) is 6.54. The number of aromatic nitrogens is 3. The first-order valence-electron chi connectivity index (χ1n) is 11.5. The second-order valence-corrected chi connectivity index (χ2v) is 10.3. The predicted octanol–water partition coefficient (Wildman–Crippen LogP) is 6.76. The first-order valence-corrected chi connectivity index (χ1v) is 13.2. The third-order valence-electron chi connectivity index (χ3n) is 5.37. The molecular formula is C26H25Cl2N5O3S. The molecule has 0 aliphatic heterocycles. The van der Waals surface area contributed by atoms with Crippen molar-refractivity contribution in [1.82, 2.24) is 20.1 Å². The highest BCUT2D eigenvalue weighted by molar-refractivity contribution is 7.08. The van der Waals surface area contributed by atoms with Gasteiger partial charge in [0.15, 0.2) is 5.82 Å². The number of anilines is 1. The average Bonchev–Trinajstić information content (AvgIpc) is 3.51. The number of carbonyl (C=O) groups excluding carboxylic acids is 2. The van der Waals surface area contributed by atoms with Crippen LogP contribution in [0.5, 0.6) is 11.6 Å². The number of rotatable bonds is 9. The number of hydrogen-bond donors (Lipinski definition) is 2. The van der Waals surface area contributed by atoms with Crippen LogP contribution in [0, 0.1) is 12.8 Å². The Morgan fingerprint density at radius 1 is 1.16 bits per heavy atom. The highest BCUT2D eigenvalue weighted by Gasteiger charge is 2.23. The summed E-state index contributed by atoms with van der Waals surface area (Å²) in [5.41, 5.74) is 1.35. The quantitative estimate of drug-likeness (QED) is 0.236. The minimum Gasteiger partial charge on any atom is -0.437 e. The summed E-state index contributed by atoms with van der Waals surface area (Å²) in [5, 5.41) is 14.6. The molecule has 2 N–H and O–H groups in total. The fraction of sp³-hybridized carbons (Fsp3) is 0.231. The van der Waals surface area contributed by atoms with E-state index in [-0.39, 0.29) is 28.9 Å². The number of benzene rings is 1. The van der Waals surface area contributed by atoms with Crippen LogP contribution >= 0.6 is 34.5 Å². The molecule has 0 aliphatic carbocycles. The molecule has 1 aromatic carbocycles. The van der Waals surface area contributed by atoms with Gasteiger partial charge in [0.2, 0.25) is 5.88 Å². The van der Waals surface area contributed by atoms with E-state index in [0.29, 0.717) is 39.5 Å². The monoisotopic (exact) mass is 557 g/mol. The van der Waals surface area contributed by atoms with Crippen molar-refractivity contribution in [2.45, 2.75) is 27.2 Å². The smallest absolute Gasteiger partial charge is 0.274 e. The Hall–Kier alpha value is -3.40. The lowest BCUT2D eigenvalue weighted by molar-refractivity contribution is 0.0953. The lowest BCUT2D eigenvalue weighted by Crippen LogP contribution is -2.27. The third kappa shape index (κ3) is 6.49. The number of carbonyl (C=O) groups is 2. The lowest BCUT2D eigenvalue weighted by atomic mass is 10.1. The van der Waals surface area contributed by atoms with Gasteiger partial charge in [-0.3, -0.25) is 9.59 Å². The molecule has 0 aliphatic rings. The number of amides is 2. The highest BCUT2D eigenvalue weighted by atomic mass is 35.5. The molecule has 0 atom stereocenters. The van der Waals surface area contributed by atoms with Crippen molar-refractivity contribution in [3.63, 3.8) is 0 Å². The number of nitrogens with zero attached hydrogens (tertiary/aromatic N) is 3. The molecule has 0 unspecified atom stereocenters. The van der Waals surface area contributed by atoms with E-state index in [1.165, 1.54) is 28.2 Å². The van der Waals surface area contributed by atoms with Gasteiger partial charge in [-0.15, -0.1) is 16.4 Å². The van der Waals surface area contributed by atoms with E-state index >= 15 is 0 Å². The predicted molar refractivity (Wildman–Crippen MR) is 147 cm³/mol. The largest absolute Gasteiger partial charge is 0.437 e. The first kappa shape index (κ1) is 26.7. The summed E-state index contributed by atoms with van der Waals surface area (Å²) in [6.45, 7) is 6.43. The standard InChI is InChI=1S/C26H25Cl2N5O3S/c1-15(2)6-9-30-25(34)19-12-17(27)11-16(3)23(19)31-26(35)21-13-22(36-18-7-10-37-14-18)32-33(21)24-20(28)5-4-8-29-24/h4-5,7-8,10-15H,6,9H2,1-3H3,(H,30,34)(H,31,35). The molecule has 0 saturated heterocycles. The minimum absolute atomic E-state index is 0.117. The van der Waals surface area contributed by atoms with Gasteiger partial charge in [0.1, 0.15) is 11.4 Å². The van der Waals surface area contributed by atoms with Crippen molar-refractivity contribution in [2.75, 3.05) is 11.9 Å². The summed E-state index contributed by atoms with van der Waals surface area (Å²) in [5.74, 6) is 0.603. The molecule has 0 bridgehead atoms. The van der Waals surface area contributed by atoms with Crippen molar-refractivity contribution in [1.29, 1.82) is 0 Å². The van der Waals surface area contributed by atoms with E-state index in [0.717, 1.165) is 6.42 Å². The van der Waals surface area contributed by atoms with Crippen LogP contribution in [0.3, 0.4) is 0 Å². The van der Waals surface area contributed by atoms with Crippen LogP contribution in [0.1, 0.15) is 46.7 Å². The van der Waals surface area contributed by atoms with Crippen molar-refractivity contribution >= 4 is 52.0 Å². The van der Waals surface area contributed by atoms with Gasteiger partial charge in [-0.1, -0.05) is 37.0 Å². The van der Waals surface area contributed by atoms with Gasteiger partial charge in [0.05, 0.1) is 16.3 Å². The summed E-state index contributed by atoms with van der Waals surface area (Å²) in [6.07, 6.45) is 2.37. The number of ether oxygens (including phenoxy) is 1. The fourth-order valence-electron chi connectivity index (χ4n) is 3.53. The highest BCUT2D eigenvalue weighted by Crippen LogP contribution is 2.29. The van der Waals surface area contributed by atoms with E-state index in [2.05, 4.69) is 34.6 Å². The number of nitrogens with one attached hydrogen (secondary N) is 2. The van der Waals surface area contributed by atoms with Crippen LogP contribution in [-0.4, -0.2) is 33.1 Å². The summed E-state index contributed by atoms with van der Waals surface area (Å²) in [7, 11) is 0. The summed E-state index contributed by atoms with van der Waals surface area (Å²) in [6, 6.07) is 9.83. The van der Waals surface area contributed by atoms with Crippen LogP contribution < -0.4 is 15.4 Å². The van der Waals surface area contributed by atoms with Crippen molar-refractivity contribution in [3.8, 4) is 17.4 Å². The zero-order valence-electron chi connectivity index (χ0n) is 20.4. The molecule has 3 heterocycles. The summed E-state index contributed by atoms with van der Waals surface area (Å²) in [4.78, 5) is 30.9. The Kier molecular flexibility index (Phi) is 8.48. The first-order chi connectivity index (χ1) is 17.7. The van der Waals surface area contributed by atoms with Gasteiger partial charge in [-0.2, -0.15) is 0 Å². The van der Waals surface area contributed by atoms with E-state index in [4.69, 9.17) is 27.9 Å². The van der Waals surface area contributed by atoms with Crippen LogP contribution in [0.2, 0.25) is 10.0 Å². The Labute approximate surface area is 228 Å². The molecule has 11 heteroatoms. The Morgan fingerprint density at radius 3 is 2.68 bits per heavy atom. The summed E-state index contributed by atoms with van der Waals surface area (Å²) >= 11 is 14.1. The van der Waals surface area contributed by atoms with Crippen LogP contribution in [-0.2, 0) is 0 Å². The maximum Gasteiger partial charge on any atom is 0.274 e. The molecule has 8 nitrogen and oxygen atoms in total. The Bertz CT molecular complexity index is 1420. The fourth-order valence-corrected chi connectivity index (χ4v) is 4.56. The average molecular weight is 558 g/mol. The van der Waals surface area contributed by atoms with Crippen molar-refractivity contribution in [3.05, 3.63) is 80.2 Å². The molecule has 0 fully saturated rings. The van der Waals surface area contributed by atoms with Gasteiger partial charge < -0.3 is 15.4 Å². The normalized spacial score (nSPS) is 11.0. The number of pyridine rings is 1. The number of aryl methyl sites for hydroxylation is 1. The molecule has 37 heavy (non-hydrogen) atoms. The zero-order chi connectivity index (χ0) is 26.5. The molecular weight excluding hydrogens is 533 g/mol. The molecule has 0 saturated carbocycles. The number of hydrogen-bond acceptors (Lipinski definition) is 6. The van der Waals surface area contributed by atoms with Crippen LogP contribution in [0.15, 0.2) is 53.4 Å². The van der Waals surface area contributed by atoms with E-state index < -0.39 is 5.91 Å². The maximum absolute atomic E-state index is 13.6. The molecule has 2 amide bonds. The molecule has 4 aromatic rings. The topological polar surface area (TPSA) is 98.1 Å². The van der Waals surface area contributed by atoms with Crippen LogP contribution in [0.25, 0.3) is 5.82 Å². The second-order valence-electron chi connectivity index (χ2n) is 8.69. The van der Waals surface area contributed by atoms with Crippen molar-refractivity contribution < 1.29 is 14.3 Å². The number of thiophene rings is 1. The van der Waals surface area contributed by atoms with Crippen LogP contribution in [0.4, 0.5) is 5.69 Å². The van der Waals surface area contributed by atoms with Gasteiger partial charge >= 0.3 is 0 Å². The number of halogens is 2. The lowest BCUT2D eigenvalue weighted by Gasteiger charge is -2.15. The Balaban J connectivity index is 1.69. The van der Waals surface area contributed by atoms with Gasteiger partial charge in [-0.25, -0.2) is 9.67 Å². The molecule has 3 aromatic heterocycles. The van der Waals surface area contributed by atoms with E-state index in [1.54, 1.807) is 37.4 Å². The van der Waals surface area contributed by atoms with Gasteiger partial charge in [0.25, 0.3) is 11.8 Å². The van der Waals surface area contributed by atoms with Crippen molar-refractivity contribution in [2.24, 2.45) is 5.92 Å². The molecule has 192 valence electrons.